The molecule has 2 rings (SSSR count). The zero-order chi connectivity index (χ0) is 12.3. The zero-order valence-corrected chi connectivity index (χ0v) is 10.9. The lowest BCUT2D eigenvalue weighted by molar-refractivity contribution is -0.121. The molecule has 1 aliphatic carbocycles. The predicted octanol–water partition coefficient (Wildman–Crippen LogP) is 4.13. The van der Waals surface area contributed by atoms with Crippen molar-refractivity contribution < 1.29 is 9.53 Å². The molecule has 92 valence electrons. The summed E-state index contributed by atoms with van der Waals surface area (Å²) in [6.07, 6.45) is 3.50. The Balaban J connectivity index is 1.85. The molecule has 2 nitrogen and oxygen atoms in total. The van der Waals surface area contributed by atoms with E-state index >= 15 is 0 Å². The number of carbonyl (C=O) groups excluding carboxylic acids is 1. The number of hydrogen-bond donors (Lipinski definition) is 0. The van der Waals surface area contributed by atoms with E-state index in [-0.39, 0.29) is 5.92 Å². The number of ketones is 1. The minimum Gasteiger partial charge on any atom is -0.492 e. The van der Waals surface area contributed by atoms with Crippen LogP contribution in [-0.4, -0.2) is 12.4 Å². The van der Waals surface area contributed by atoms with Crippen molar-refractivity contribution in [2.24, 2.45) is 5.92 Å². The molecule has 1 aromatic rings. The van der Waals surface area contributed by atoms with Gasteiger partial charge in [0, 0.05) is 23.4 Å². The second kappa shape index (κ2) is 5.74. The van der Waals surface area contributed by atoms with Crippen molar-refractivity contribution in [3.8, 4) is 5.75 Å². The van der Waals surface area contributed by atoms with Crippen LogP contribution in [0, 0.1) is 5.92 Å². The van der Waals surface area contributed by atoms with Crippen LogP contribution < -0.4 is 4.74 Å². The molecular weight excluding hydrogens is 259 g/mol. The standard InChI is InChI=1S/C13H14Cl2O2/c14-10-4-5-11(15)13(8-10)17-7-6-9-2-1-3-12(9)16/h4-5,8-9H,1-3,6-7H2. The van der Waals surface area contributed by atoms with Crippen LogP contribution in [0.1, 0.15) is 25.7 Å². The van der Waals surface area contributed by atoms with Gasteiger partial charge in [-0.05, 0) is 31.4 Å². The SMILES string of the molecule is O=C1CCCC1CCOc1cc(Cl)ccc1Cl. The lowest BCUT2D eigenvalue weighted by atomic mass is 10.0. The van der Waals surface area contributed by atoms with Crippen LogP contribution in [0.4, 0.5) is 0 Å². The van der Waals surface area contributed by atoms with Crippen molar-refractivity contribution in [1.29, 1.82) is 0 Å². The fourth-order valence-electron chi connectivity index (χ4n) is 2.09. The maximum Gasteiger partial charge on any atom is 0.139 e. The first-order valence-electron chi connectivity index (χ1n) is 5.77. The second-order valence-corrected chi connectivity index (χ2v) is 5.11. The molecule has 17 heavy (non-hydrogen) atoms. The average Bonchev–Trinajstić information content (AvgIpc) is 2.70. The zero-order valence-electron chi connectivity index (χ0n) is 9.42. The van der Waals surface area contributed by atoms with Gasteiger partial charge in [-0.25, -0.2) is 0 Å². The molecular formula is C13H14Cl2O2. The van der Waals surface area contributed by atoms with Crippen molar-refractivity contribution >= 4 is 29.0 Å². The van der Waals surface area contributed by atoms with E-state index in [2.05, 4.69) is 0 Å². The molecule has 1 atom stereocenters. The monoisotopic (exact) mass is 272 g/mol. The van der Waals surface area contributed by atoms with Crippen LogP contribution in [0.15, 0.2) is 18.2 Å². The molecule has 0 spiro atoms. The highest BCUT2D eigenvalue weighted by Crippen LogP contribution is 2.29. The number of Topliss-reactive ketones (excluding diaryl/α,β-unsaturated/α-hetero) is 1. The van der Waals surface area contributed by atoms with E-state index in [1.165, 1.54) is 0 Å². The average molecular weight is 273 g/mol. The highest BCUT2D eigenvalue weighted by Gasteiger charge is 2.23. The van der Waals surface area contributed by atoms with Gasteiger partial charge in [-0.15, -0.1) is 0 Å². The van der Waals surface area contributed by atoms with Crippen molar-refractivity contribution in [2.45, 2.75) is 25.7 Å². The van der Waals surface area contributed by atoms with Crippen LogP contribution in [0.25, 0.3) is 0 Å². The van der Waals surface area contributed by atoms with E-state index in [1.807, 2.05) is 0 Å². The Bertz CT molecular complexity index is 418. The minimum absolute atomic E-state index is 0.174. The fraction of sp³-hybridized carbons (Fsp3) is 0.462. The Kier molecular flexibility index (Phi) is 4.30. The summed E-state index contributed by atoms with van der Waals surface area (Å²) >= 11 is 11.8. The summed E-state index contributed by atoms with van der Waals surface area (Å²) in [6, 6.07) is 5.12. The van der Waals surface area contributed by atoms with Crippen molar-refractivity contribution in [3.05, 3.63) is 28.2 Å². The van der Waals surface area contributed by atoms with Crippen molar-refractivity contribution in [2.75, 3.05) is 6.61 Å². The van der Waals surface area contributed by atoms with Gasteiger partial charge in [-0.2, -0.15) is 0 Å². The van der Waals surface area contributed by atoms with Gasteiger partial charge in [0.25, 0.3) is 0 Å². The summed E-state index contributed by atoms with van der Waals surface area (Å²) in [5.41, 5.74) is 0. The van der Waals surface area contributed by atoms with E-state index in [0.717, 1.165) is 25.7 Å². The first-order valence-corrected chi connectivity index (χ1v) is 6.53. The van der Waals surface area contributed by atoms with Crippen molar-refractivity contribution in [3.63, 3.8) is 0 Å². The molecule has 0 amide bonds. The molecule has 0 aromatic heterocycles. The summed E-state index contributed by atoms with van der Waals surface area (Å²) in [5, 5.41) is 1.15. The molecule has 1 aliphatic rings. The smallest absolute Gasteiger partial charge is 0.139 e. The van der Waals surface area contributed by atoms with Gasteiger partial charge in [0.2, 0.25) is 0 Å². The Morgan fingerprint density at radius 2 is 2.18 bits per heavy atom. The summed E-state index contributed by atoms with van der Waals surface area (Å²) in [6.45, 7) is 0.510. The van der Waals surface area contributed by atoms with Crippen LogP contribution >= 0.6 is 23.2 Å². The van der Waals surface area contributed by atoms with Crippen LogP contribution in [-0.2, 0) is 4.79 Å². The summed E-state index contributed by atoms with van der Waals surface area (Å²) in [4.78, 5) is 11.4. The molecule has 0 heterocycles. The summed E-state index contributed by atoms with van der Waals surface area (Å²) in [5.74, 6) is 1.13. The molecule has 1 saturated carbocycles. The third-order valence-electron chi connectivity index (χ3n) is 3.05. The lowest BCUT2D eigenvalue weighted by Crippen LogP contribution is -2.11. The number of carbonyl (C=O) groups is 1. The maximum atomic E-state index is 11.4. The van der Waals surface area contributed by atoms with Gasteiger partial charge in [0.05, 0.1) is 11.6 Å². The summed E-state index contributed by atoms with van der Waals surface area (Å²) in [7, 11) is 0. The Labute approximate surface area is 111 Å². The maximum absolute atomic E-state index is 11.4. The number of benzene rings is 1. The first-order chi connectivity index (χ1) is 8.16. The topological polar surface area (TPSA) is 26.3 Å². The van der Waals surface area contributed by atoms with E-state index in [1.54, 1.807) is 18.2 Å². The predicted molar refractivity (Wildman–Crippen MR) is 68.9 cm³/mol. The fourth-order valence-corrected chi connectivity index (χ4v) is 2.43. The molecule has 1 fully saturated rings. The largest absolute Gasteiger partial charge is 0.492 e. The third-order valence-corrected chi connectivity index (χ3v) is 3.60. The molecule has 1 aromatic carbocycles. The minimum atomic E-state index is 0.174. The van der Waals surface area contributed by atoms with E-state index < -0.39 is 0 Å². The van der Waals surface area contributed by atoms with Gasteiger partial charge in [0.1, 0.15) is 11.5 Å². The first kappa shape index (κ1) is 12.7. The Morgan fingerprint density at radius 3 is 2.88 bits per heavy atom. The van der Waals surface area contributed by atoms with E-state index in [4.69, 9.17) is 27.9 Å². The molecule has 4 heteroatoms. The second-order valence-electron chi connectivity index (χ2n) is 4.27. The number of halogens is 2. The van der Waals surface area contributed by atoms with Crippen LogP contribution in [0.5, 0.6) is 5.75 Å². The molecule has 0 bridgehead atoms. The quantitative estimate of drug-likeness (QED) is 0.824. The third kappa shape index (κ3) is 3.36. The molecule has 0 radical (unpaired) electrons. The van der Waals surface area contributed by atoms with Crippen LogP contribution in [0.2, 0.25) is 10.0 Å². The van der Waals surface area contributed by atoms with Gasteiger partial charge in [-0.3, -0.25) is 4.79 Å². The van der Waals surface area contributed by atoms with Crippen molar-refractivity contribution in [1.82, 2.24) is 0 Å². The van der Waals surface area contributed by atoms with Crippen LogP contribution in [0.3, 0.4) is 0 Å². The van der Waals surface area contributed by atoms with Gasteiger partial charge >= 0.3 is 0 Å². The highest BCUT2D eigenvalue weighted by molar-refractivity contribution is 6.34. The van der Waals surface area contributed by atoms with Gasteiger partial charge < -0.3 is 4.74 Å². The molecule has 0 N–H and O–H groups in total. The number of ether oxygens (including phenoxy) is 1. The highest BCUT2D eigenvalue weighted by atomic mass is 35.5. The molecule has 1 unspecified atom stereocenters. The Hall–Kier alpha value is -0.730. The lowest BCUT2D eigenvalue weighted by Gasteiger charge is -2.11. The summed E-state index contributed by atoms with van der Waals surface area (Å²) < 4.78 is 5.56. The van der Waals surface area contributed by atoms with E-state index in [0.29, 0.717) is 28.2 Å². The molecule has 0 aliphatic heterocycles. The van der Waals surface area contributed by atoms with Gasteiger partial charge in [0.15, 0.2) is 0 Å². The van der Waals surface area contributed by atoms with Gasteiger partial charge in [-0.1, -0.05) is 23.2 Å². The number of hydrogen-bond acceptors (Lipinski definition) is 2. The van der Waals surface area contributed by atoms with E-state index in [9.17, 15) is 4.79 Å². The molecule has 0 saturated heterocycles. The Morgan fingerprint density at radius 1 is 1.35 bits per heavy atom. The number of rotatable bonds is 4. The normalized spacial score (nSPS) is 19.6.